The Morgan fingerprint density at radius 1 is 1.10 bits per heavy atom. The normalized spacial score (nSPS) is 10.4. The third kappa shape index (κ3) is 4.46. The molecule has 0 unspecified atom stereocenters. The van der Waals surface area contributed by atoms with Crippen LogP contribution in [0.15, 0.2) is 48.5 Å². The SMILES string of the molecule is COc1cc(C#N)ccc1OCC(=O)c1cc(C)n(Cc2ccc(F)cc2)c1C. The fourth-order valence-corrected chi connectivity index (χ4v) is 3.18. The highest BCUT2D eigenvalue weighted by Crippen LogP contribution is 2.28. The van der Waals surface area contributed by atoms with Crippen LogP contribution in [-0.2, 0) is 6.54 Å². The number of methoxy groups -OCH3 is 1. The molecule has 29 heavy (non-hydrogen) atoms. The first kappa shape index (κ1) is 20.2. The Hall–Kier alpha value is -3.59. The Kier molecular flexibility index (Phi) is 5.99. The lowest BCUT2D eigenvalue weighted by Gasteiger charge is -2.11. The molecule has 1 heterocycles. The number of aromatic nitrogens is 1. The lowest BCUT2D eigenvalue weighted by molar-refractivity contribution is 0.0918. The van der Waals surface area contributed by atoms with Gasteiger partial charge in [0.15, 0.2) is 18.1 Å². The molecule has 0 aliphatic carbocycles. The first-order valence-corrected chi connectivity index (χ1v) is 9.08. The van der Waals surface area contributed by atoms with Gasteiger partial charge in [-0.25, -0.2) is 4.39 Å². The average molecular weight is 392 g/mol. The van der Waals surface area contributed by atoms with Crippen molar-refractivity contribution in [2.24, 2.45) is 0 Å². The highest BCUT2D eigenvalue weighted by atomic mass is 19.1. The molecule has 5 nitrogen and oxygen atoms in total. The summed E-state index contributed by atoms with van der Waals surface area (Å²) in [5.74, 6) is 0.370. The summed E-state index contributed by atoms with van der Waals surface area (Å²) in [6, 6.07) is 15.0. The van der Waals surface area contributed by atoms with Crippen LogP contribution in [0, 0.1) is 31.0 Å². The summed E-state index contributed by atoms with van der Waals surface area (Å²) in [5.41, 5.74) is 3.74. The molecular weight excluding hydrogens is 371 g/mol. The monoisotopic (exact) mass is 392 g/mol. The number of carbonyl (C=O) groups excluding carboxylic acids is 1. The van der Waals surface area contributed by atoms with E-state index in [9.17, 15) is 9.18 Å². The standard InChI is InChI=1S/C23H21FN2O3/c1-15-10-20(16(2)26(15)13-17-4-7-19(24)8-5-17)21(27)14-29-22-9-6-18(12-25)11-23(22)28-3/h4-11H,13-14H2,1-3H3. The van der Waals surface area contributed by atoms with E-state index in [2.05, 4.69) is 0 Å². The molecule has 1 aromatic heterocycles. The Labute approximate surface area is 168 Å². The number of halogens is 1. The number of ketones is 1. The zero-order chi connectivity index (χ0) is 21.0. The molecule has 2 aromatic carbocycles. The minimum absolute atomic E-state index is 0.150. The average Bonchev–Trinajstić information content (AvgIpc) is 3.01. The molecule has 0 fully saturated rings. The first-order chi connectivity index (χ1) is 13.9. The third-order valence-electron chi connectivity index (χ3n) is 4.78. The number of hydrogen-bond acceptors (Lipinski definition) is 4. The fraction of sp³-hybridized carbons (Fsp3) is 0.217. The molecule has 0 atom stereocenters. The van der Waals surface area contributed by atoms with Gasteiger partial charge in [-0.2, -0.15) is 5.26 Å². The van der Waals surface area contributed by atoms with Crippen LogP contribution in [0.5, 0.6) is 11.5 Å². The number of carbonyl (C=O) groups is 1. The van der Waals surface area contributed by atoms with Gasteiger partial charge >= 0.3 is 0 Å². The summed E-state index contributed by atoms with van der Waals surface area (Å²) in [7, 11) is 1.48. The second-order valence-electron chi connectivity index (χ2n) is 6.69. The van der Waals surface area contributed by atoms with Crippen LogP contribution in [-0.4, -0.2) is 24.1 Å². The molecule has 0 amide bonds. The molecule has 0 saturated heterocycles. The molecule has 0 aliphatic heterocycles. The Morgan fingerprint density at radius 3 is 2.48 bits per heavy atom. The molecule has 0 radical (unpaired) electrons. The van der Waals surface area contributed by atoms with Gasteiger partial charge in [0.05, 0.1) is 18.7 Å². The second kappa shape index (κ2) is 8.61. The van der Waals surface area contributed by atoms with Gasteiger partial charge in [-0.3, -0.25) is 4.79 Å². The van der Waals surface area contributed by atoms with Crippen molar-refractivity contribution in [2.45, 2.75) is 20.4 Å². The number of aryl methyl sites for hydroxylation is 1. The van der Waals surface area contributed by atoms with Crippen molar-refractivity contribution in [1.29, 1.82) is 5.26 Å². The van der Waals surface area contributed by atoms with Gasteiger partial charge in [0.1, 0.15) is 5.82 Å². The molecule has 0 saturated carbocycles. The van der Waals surface area contributed by atoms with Gasteiger partial charge in [0, 0.05) is 29.6 Å². The molecular formula is C23H21FN2O3. The molecule has 0 N–H and O–H groups in total. The fourth-order valence-electron chi connectivity index (χ4n) is 3.18. The van der Waals surface area contributed by atoms with E-state index in [0.717, 1.165) is 17.0 Å². The van der Waals surface area contributed by atoms with Gasteiger partial charge in [-0.1, -0.05) is 12.1 Å². The lowest BCUT2D eigenvalue weighted by Crippen LogP contribution is -2.13. The van der Waals surface area contributed by atoms with Crippen LogP contribution in [0.2, 0.25) is 0 Å². The summed E-state index contributed by atoms with van der Waals surface area (Å²) in [6.45, 7) is 4.21. The van der Waals surface area contributed by atoms with Crippen LogP contribution in [0.25, 0.3) is 0 Å². The largest absolute Gasteiger partial charge is 0.493 e. The zero-order valence-electron chi connectivity index (χ0n) is 16.5. The summed E-state index contributed by atoms with van der Waals surface area (Å²) in [5, 5.41) is 8.97. The minimum Gasteiger partial charge on any atom is -0.493 e. The second-order valence-corrected chi connectivity index (χ2v) is 6.69. The van der Waals surface area contributed by atoms with Crippen molar-refractivity contribution in [3.63, 3.8) is 0 Å². The van der Waals surface area contributed by atoms with Crippen LogP contribution in [0.3, 0.4) is 0 Å². The van der Waals surface area contributed by atoms with Crippen molar-refractivity contribution in [1.82, 2.24) is 4.57 Å². The van der Waals surface area contributed by atoms with Crippen molar-refractivity contribution in [3.05, 3.63) is 82.4 Å². The van der Waals surface area contributed by atoms with Crippen LogP contribution in [0.1, 0.15) is 32.9 Å². The maximum atomic E-state index is 13.1. The van der Waals surface area contributed by atoms with Crippen molar-refractivity contribution >= 4 is 5.78 Å². The molecule has 0 bridgehead atoms. The Morgan fingerprint density at radius 2 is 1.83 bits per heavy atom. The summed E-state index contributed by atoms with van der Waals surface area (Å²) in [6.07, 6.45) is 0. The maximum absolute atomic E-state index is 13.1. The van der Waals surface area contributed by atoms with E-state index in [-0.39, 0.29) is 18.2 Å². The van der Waals surface area contributed by atoms with E-state index >= 15 is 0 Å². The topological polar surface area (TPSA) is 64.2 Å². The highest BCUT2D eigenvalue weighted by molar-refractivity contribution is 5.98. The molecule has 0 spiro atoms. The van der Waals surface area contributed by atoms with Crippen LogP contribution >= 0.6 is 0 Å². The number of nitriles is 1. The number of nitrogens with zero attached hydrogens (tertiary/aromatic N) is 2. The van der Waals surface area contributed by atoms with Crippen LogP contribution in [0.4, 0.5) is 4.39 Å². The predicted octanol–water partition coefficient (Wildman–Crippen LogP) is 4.43. The summed E-state index contributed by atoms with van der Waals surface area (Å²) in [4.78, 5) is 12.7. The third-order valence-corrected chi connectivity index (χ3v) is 4.78. The van der Waals surface area contributed by atoms with E-state index in [1.165, 1.54) is 19.2 Å². The van der Waals surface area contributed by atoms with Gasteiger partial charge in [0.2, 0.25) is 5.78 Å². The van der Waals surface area contributed by atoms with E-state index in [1.807, 2.05) is 30.6 Å². The van der Waals surface area contributed by atoms with Gasteiger partial charge in [-0.15, -0.1) is 0 Å². The van der Waals surface area contributed by atoms with Gasteiger partial charge < -0.3 is 14.0 Å². The van der Waals surface area contributed by atoms with E-state index in [4.69, 9.17) is 14.7 Å². The number of rotatable bonds is 7. The zero-order valence-corrected chi connectivity index (χ0v) is 16.5. The minimum atomic E-state index is -0.277. The lowest BCUT2D eigenvalue weighted by atomic mass is 10.1. The first-order valence-electron chi connectivity index (χ1n) is 9.08. The van der Waals surface area contributed by atoms with Gasteiger partial charge in [-0.05, 0) is 49.7 Å². The van der Waals surface area contributed by atoms with Crippen LogP contribution < -0.4 is 9.47 Å². The predicted molar refractivity (Wildman–Crippen MR) is 107 cm³/mol. The Balaban J connectivity index is 1.75. The van der Waals surface area contributed by atoms with Crippen molar-refractivity contribution in [2.75, 3.05) is 13.7 Å². The molecule has 0 aliphatic rings. The number of ether oxygens (including phenoxy) is 2. The number of hydrogen-bond donors (Lipinski definition) is 0. The maximum Gasteiger partial charge on any atom is 0.202 e. The highest BCUT2D eigenvalue weighted by Gasteiger charge is 2.17. The summed E-state index contributed by atoms with van der Waals surface area (Å²) < 4.78 is 26.0. The number of Topliss-reactive ketones (excluding diaryl/α,β-unsaturated/α-hetero) is 1. The van der Waals surface area contributed by atoms with Gasteiger partial charge in [0.25, 0.3) is 0 Å². The van der Waals surface area contributed by atoms with E-state index in [1.54, 1.807) is 30.3 Å². The quantitative estimate of drug-likeness (QED) is 0.558. The molecule has 3 rings (SSSR count). The van der Waals surface area contributed by atoms with Crippen molar-refractivity contribution < 1.29 is 18.7 Å². The Bertz CT molecular complexity index is 1080. The molecule has 6 heteroatoms. The smallest absolute Gasteiger partial charge is 0.202 e. The number of benzene rings is 2. The van der Waals surface area contributed by atoms with E-state index in [0.29, 0.717) is 29.2 Å². The van der Waals surface area contributed by atoms with E-state index < -0.39 is 0 Å². The molecule has 3 aromatic rings. The van der Waals surface area contributed by atoms with Crippen molar-refractivity contribution in [3.8, 4) is 17.6 Å². The summed E-state index contributed by atoms with van der Waals surface area (Å²) >= 11 is 0. The molecule has 148 valence electrons.